The molecule has 110 valence electrons. The highest BCUT2D eigenvalue weighted by Gasteiger charge is 2.60. The van der Waals surface area contributed by atoms with Crippen molar-refractivity contribution in [2.24, 2.45) is 5.73 Å². The topological polar surface area (TPSA) is 59.4 Å². The summed E-state index contributed by atoms with van der Waals surface area (Å²) >= 11 is 0. The van der Waals surface area contributed by atoms with E-state index in [9.17, 15) is 22.7 Å². The van der Waals surface area contributed by atoms with Crippen LogP contribution in [0.2, 0.25) is 0 Å². The van der Waals surface area contributed by atoms with Crippen molar-refractivity contribution in [3.05, 3.63) is 35.8 Å². The van der Waals surface area contributed by atoms with Gasteiger partial charge in [0.15, 0.2) is 0 Å². The lowest BCUT2D eigenvalue weighted by molar-refractivity contribution is -0.280. The van der Waals surface area contributed by atoms with Crippen molar-refractivity contribution in [1.29, 1.82) is 0 Å². The molecule has 1 heterocycles. The van der Waals surface area contributed by atoms with Gasteiger partial charge in [-0.1, -0.05) is 6.92 Å². The number of furan rings is 1. The Kier molecular flexibility index (Phi) is 3.51. The van der Waals surface area contributed by atoms with E-state index in [1.807, 2.05) is 0 Å². The van der Waals surface area contributed by atoms with Crippen LogP contribution >= 0.6 is 0 Å². The third-order valence-electron chi connectivity index (χ3n) is 3.26. The van der Waals surface area contributed by atoms with Crippen LogP contribution in [-0.2, 0) is 5.60 Å². The first-order valence-corrected chi connectivity index (χ1v) is 5.94. The van der Waals surface area contributed by atoms with Crippen molar-refractivity contribution in [3.63, 3.8) is 0 Å². The van der Waals surface area contributed by atoms with Crippen LogP contribution in [0.25, 0.3) is 11.0 Å². The average molecular weight is 291 g/mol. The number of halogens is 4. The molecule has 7 heteroatoms. The summed E-state index contributed by atoms with van der Waals surface area (Å²) < 4.78 is 57.6. The molecule has 0 radical (unpaired) electrons. The molecule has 20 heavy (non-hydrogen) atoms. The van der Waals surface area contributed by atoms with Gasteiger partial charge in [-0.05, 0) is 30.7 Å². The minimum atomic E-state index is -5.01. The van der Waals surface area contributed by atoms with Crippen LogP contribution in [0.1, 0.15) is 19.1 Å². The first kappa shape index (κ1) is 14.8. The molecule has 0 aliphatic carbocycles. The Balaban J connectivity index is 2.63. The zero-order valence-corrected chi connectivity index (χ0v) is 10.5. The van der Waals surface area contributed by atoms with Crippen molar-refractivity contribution in [2.45, 2.75) is 31.2 Å². The van der Waals surface area contributed by atoms with Crippen LogP contribution in [0.15, 0.2) is 28.7 Å². The van der Waals surface area contributed by atoms with Crippen LogP contribution in [0.4, 0.5) is 17.6 Å². The largest absolute Gasteiger partial charge is 0.458 e. The molecule has 0 amide bonds. The van der Waals surface area contributed by atoms with E-state index in [0.29, 0.717) is 0 Å². The summed E-state index contributed by atoms with van der Waals surface area (Å²) in [4.78, 5) is 0. The zero-order valence-electron chi connectivity index (χ0n) is 10.5. The maximum absolute atomic E-state index is 13.2. The number of hydrogen-bond donors (Lipinski definition) is 2. The Labute approximate surface area is 112 Å². The van der Waals surface area contributed by atoms with Crippen LogP contribution in [0.3, 0.4) is 0 Å². The molecule has 0 saturated heterocycles. The minimum absolute atomic E-state index is 0.0485. The summed E-state index contributed by atoms with van der Waals surface area (Å²) in [6, 6.07) is 2.65. The molecule has 1 aromatic heterocycles. The molecule has 1 aromatic carbocycles. The standard InChI is InChI=1S/C13H13F4NO2/c1-2-10(18)12(19,13(15,16)17)11-6-7-5-8(14)3-4-9(7)20-11/h3-6,10,19H,2,18H2,1H3. The lowest BCUT2D eigenvalue weighted by Crippen LogP contribution is -2.55. The van der Waals surface area contributed by atoms with Crippen molar-refractivity contribution in [1.82, 2.24) is 0 Å². The predicted octanol–water partition coefficient (Wildman–Crippen LogP) is 3.06. The lowest BCUT2D eigenvalue weighted by Gasteiger charge is -2.33. The molecule has 0 aliphatic heterocycles. The molecule has 2 aromatic rings. The van der Waals surface area contributed by atoms with E-state index in [2.05, 4.69) is 0 Å². The van der Waals surface area contributed by atoms with Crippen molar-refractivity contribution in [3.8, 4) is 0 Å². The summed E-state index contributed by atoms with van der Waals surface area (Å²) in [5.74, 6) is -1.35. The molecule has 2 rings (SSSR count). The van der Waals surface area contributed by atoms with Gasteiger partial charge in [0.1, 0.15) is 17.2 Å². The molecule has 3 nitrogen and oxygen atoms in total. The Morgan fingerprint density at radius 3 is 2.50 bits per heavy atom. The fourth-order valence-corrected chi connectivity index (χ4v) is 2.03. The van der Waals surface area contributed by atoms with Gasteiger partial charge in [0.25, 0.3) is 0 Å². The van der Waals surface area contributed by atoms with Crippen LogP contribution < -0.4 is 5.73 Å². The van der Waals surface area contributed by atoms with E-state index in [0.717, 1.165) is 18.2 Å². The van der Waals surface area contributed by atoms with E-state index in [1.165, 1.54) is 13.0 Å². The normalized spacial score (nSPS) is 17.1. The number of fused-ring (bicyclic) bond motifs is 1. The van der Waals surface area contributed by atoms with Crippen LogP contribution in [0, 0.1) is 5.82 Å². The van der Waals surface area contributed by atoms with Gasteiger partial charge in [-0.25, -0.2) is 4.39 Å². The predicted molar refractivity (Wildman–Crippen MR) is 64.4 cm³/mol. The number of alkyl halides is 3. The number of nitrogens with two attached hydrogens (primary N) is 1. The summed E-state index contributed by atoms with van der Waals surface area (Å²) in [5, 5.41) is 10.2. The second-order valence-electron chi connectivity index (χ2n) is 4.57. The summed E-state index contributed by atoms with van der Waals surface area (Å²) in [7, 11) is 0. The van der Waals surface area contributed by atoms with E-state index < -0.39 is 29.4 Å². The molecule has 0 aliphatic rings. The van der Waals surface area contributed by atoms with Gasteiger partial charge in [-0.15, -0.1) is 0 Å². The Morgan fingerprint density at radius 2 is 1.95 bits per heavy atom. The van der Waals surface area contributed by atoms with E-state index in [4.69, 9.17) is 10.2 Å². The second kappa shape index (κ2) is 4.75. The van der Waals surface area contributed by atoms with Gasteiger partial charge < -0.3 is 15.3 Å². The molecular formula is C13H13F4NO2. The van der Waals surface area contributed by atoms with Gasteiger partial charge in [0.2, 0.25) is 5.60 Å². The SMILES string of the molecule is CCC(N)C(O)(c1cc2cc(F)ccc2o1)C(F)(F)F. The van der Waals surface area contributed by atoms with E-state index >= 15 is 0 Å². The van der Waals surface area contributed by atoms with Crippen molar-refractivity contribution < 1.29 is 27.1 Å². The average Bonchev–Trinajstić information content (AvgIpc) is 2.78. The molecule has 0 spiro atoms. The smallest absolute Gasteiger partial charge is 0.426 e. The third-order valence-corrected chi connectivity index (χ3v) is 3.26. The first-order valence-electron chi connectivity index (χ1n) is 5.94. The Hall–Kier alpha value is -1.60. The fraction of sp³-hybridized carbons (Fsp3) is 0.385. The maximum Gasteiger partial charge on any atom is 0.426 e. The second-order valence-corrected chi connectivity index (χ2v) is 4.57. The van der Waals surface area contributed by atoms with Crippen molar-refractivity contribution >= 4 is 11.0 Å². The Morgan fingerprint density at radius 1 is 1.30 bits per heavy atom. The summed E-state index contributed by atoms with van der Waals surface area (Å²) in [6.07, 6.45) is -5.11. The number of hydrogen-bond acceptors (Lipinski definition) is 3. The molecule has 2 atom stereocenters. The van der Waals surface area contributed by atoms with Gasteiger partial charge >= 0.3 is 6.18 Å². The third kappa shape index (κ3) is 2.16. The number of aliphatic hydroxyl groups is 1. The first-order chi connectivity index (χ1) is 9.20. The lowest BCUT2D eigenvalue weighted by atomic mass is 9.89. The summed E-state index contributed by atoms with van der Waals surface area (Å²) in [6.45, 7) is 1.42. The molecule has 0 fully saturated rings. The van der Waals surface area contributed by atoms with Crippen molar-refractivity contribution in [2.75, 3.05) is 0 Å². The van der Waals surface area contributed by atoms with Gasteiger partial charge in [-0.2, -0.15) is 13.2 Å². The van der Waals surface area contributed by atoms with Gasteiger partial charge in [0.05, 0.1) is 0 Å². The fourth-order valence-electron chi connectivity index (χ4n) is 2.03. The maximum atomic E-state index is 13.2. The number of benzene rings is 1. The monoisotopic (exact) mass is 291 g/mol. The molecule has 3 N–H and O–H groups in total. The zero-order chi connectivity index (χ0) is 15.1. The number of rotatable bonds is 3. The van der Waals surface area contributed by atoms with Gasteiger partial charge in [0, 0.05) is 11.4 Å². The quantitative estimate of drug-likeness (QED) is 0.854. The van der Waals surface area contributed by atoms with E-state index in [-0.39, 0.29) is 17.4 Å². The molecule has 0 bridgehead atoms. The molecule has 0 saturated carbocycles. The van der Waals surface area contributed by atoms with E-state index in [1.54, 1.807) is 0 Å². The highest BCUT2D eigenvalue weighted by Crippen LogP contribution is 2.43. The minimum Gasteiger partial charge on any atom is -0.458 e. The molecular weight excluding hydrogens is 278 g/mol. The summed E-state index contributed by atoms with van der Waals surface area (Å²) in [5.41, 5.74) is 2.16. The highest BCUT2D eigenvalue weighted by molar-refractivity contribution is 5.78. The molecule has 2 unspecified atom stereocenters. The van der Waals surface area contributed by atoms with Gasteiger partial charge in [-0.3, -0.25) is 0 Å². The highest BCUT2D eigenvalue weighted by atomic mass is 19.4. The van der Waals surface area contributed by atoms with Crippen LogP contribution in [-0.4, -0.2) is 17.3 Å². The Bertz CT molecular complexity index is 622. The van der Waals surface area contributed by atoms with Crippen LogP contribution in [0.5, 0.6) is 0 Å².